The summed E-state index contributed by atoms with van der Waals surface area (Å²) in [5.74, 6) is -1.86. The smallest absolute Gasteiger partial charge is 0.207 e. The fourth-order valence-corrected chi connectivity index (χ4v) is 9.19. The van der Waals surface area contributed by atoms with Crippen LogP contribution in [0.1, 0.15) is 33.4 Å². The number of aryl methyl sites for hydroxylation is 3. The van der Waals surface area contributed by atoms with E-state index in [1.54, 1.807) is 43.3 Å². The van der Waals surface area contributed by atoms with Crippen LogP contribution in [-0.4, -0.2) is 0 Å². The van der Waals surface area contributed by atoms with E-state index in [0.717, 1.165) is 35.4 Å². The Morgan fingerprint density at radius 1 is 0.268 bits per heavy atom. The van der Waals surface area contributed by atoms with Crippen molar-refractivity contribution in [1.82, 2.24) is 0 Å². The predicted molar refractivity (Wildman–Crippen MR) is 259 cm³/mol. The van der Waals surface area contributed by atoms with Gasteiger partial charge in [-0.3, -0.25) is 0 Å². The first kappa shape index (κ1) is 48.2. The van der Waals surface area contributed by atoms with Gasteiger partial charge in [0, 0.05) is 0 Å². The third-order valence-corrected chi connectivity index (χ3v) is 12.5. The van der Waals surface area contributed by atoms with Crippen LogP contribution in [-0.2, 0) is 18.5 Å². The molecule has 0 N–H and O–H groups in total. The summed E-state index contributed by atoms with van der Waals surface area (Å²) in [4.78, 5) is 0. The molecular formula is C60H39F11. The maximum Gasteiger partial charge on any atom is 0.419 e. The van der Waals surface area contributed by atoms with Crippen LogP contribution in [0.15, 0.2) is 182 Å². The molecule has 0 unspecified atom stereocenters. The molecule has 0 radical (unpaired) electrons. The third-order valence-electron chi connectivity index (χ3n) is 12.5. The molecule has 0 atom stereocenters. The number of rotatable bonds is 8. The van der Waals surface area contributed by atoms with Gasteiger partial charge in [-0.2, -0.15) is 39.5 Å². The van der Waals surface area contributed by atoms with Crippen molar-refractivity contribution in [2.75, 3.05) is 0 Å². The van der Waals surface area contributed by atoms with Crippen LogP contribution in [0.5, 0.6) is 0 Å². The summed E-state index contributed by atoms with van der Waals surface area (Å²) in [6.07, 6.45) is -14.7. The minimum absolute atomic E-state index is 0.0111. The van der Waals surface area contributed by atoms with E-state index in [0.29, 0.717) is 67.8 Å². The van der Waals surface area contributed by atoms with Crippen LogP contribution >= 0.6 is 0 Å². The lowest BCUT2D eigenvalue weighted by Crippen LogP contribution is -2.08. The first-order chi connectivity index (χ1) is 33.7. The van der Waals surface area contributed by atoms with Crippen LogP contribution < -0.4 is 0 Å². The highest BCUT2D eigenvalue weighted by molar-refractivity contribution is 6.15. The van der Waals surface area contributed by atoms with Crippen LogP contribution in [0.4, 0.5) is 48.3 Å². The number of hydrogen-bond donors (Lipinski definition) is 0. The van der Waals surface area contributed by atoms with Gasteiger partial charge in [-0.25, -0.2) is 8.78 Å². The summed E-state index contributed by atoms with van der Waals surface area (Å²) in [7, 11) is 0. The Kier molecular flexibility index (Phi) is 12.6. The predicted octanol–water partition coefficient (Wildman–Crippen LogP) is 19.3. The van der Waals surface area contributed by atoms with E-state index in [4.69, 9.17) is 0 Å². The van der Waals surface area contributed by atoms with Gasteiger partial charge in [0.2, 0.25) is 0 Å². The van der Waals surface area contributed by atoms with Crippen LogP contribution in [0.3, 0.4) is 0 Å². The number of hydrogen-bond acceptors (Lipinski definition) is 0. The average Bonchev–Trinajstić information content (AvgIpc) is 3.33. The van der Waals surface area contributed by atoms with Gasteiger partial charge in [0.25, 0.3) is 0 Å². The molecule has 71 heavy (non-hydrogen) atoms. The highest BCUT2D eigenvalue weighted by atomic mass is 19.4. The molecule has 9 aromatic carbocycles. The number of alkyl halides is 9. The molecule has 0 aromatic heterocycles. The lowest BCUT2D eigenvalue weighted by atomic mass is 9.73. The van der Waals surface area contributed by atoms with Crippen molar-refractivity contribution in [2.45, 2.75) is 39.3 Å². The molecule has 0 nitrogen and oxygen atoms in total. The van der Waals surface area contributed by atoms with Crippen LogP contribution in [0, 0.1) is 32.4 Å². The second-order valence-corrected chi connectivity index (χ2v) is 17.5. The Morgan fingerprint density at radius 2 is 0.592 bits per heavy atom. The van der Waals surface area contributed by atoms with E-state index in [9.17, 15) is 48.3 Å². The molecule has 0 aliphatic carbocycles. The van der Waals surface area contributed by atoms with Gasteiger partial charge in [-0.15, -0.1) is 0 Å². The Hall–Kier alpha value is -7.79. The van der Waals surface area contributed by atoms with Crippen LogP contribution in [0.25, 0.3) is 89.0 Å². The SMILES string of the molecule is Cc1cccc(-c2c(-c3ccc(-c4ccc(F)c(C)c4)cc3)c(-c3cccc(C)c3)c(-c3cccc(C(F)(F)F)c3)c(-c3ccc(-c4ccc(F)c(C(F)(F)F)c4)cc3)c2-c2cccc(C(F)(F)F)c2)c1. The second-order valence-electron chi connectivity index (χ2n) is 17.5. The monoisotopic (exact) mass is 968 g/mol. The average molecular weight is 969 g/mol. The maximum absolute atomic E-state index is 14.9. The highest BCUT2D eigenvalue weighted by Crippen LogP contribution is 2.57. The quantitative estimate of drug-likeness (QED) is 0.133. The van der Waals surface area contributed by atoms with E-state index >= 15 is 0 Å². The molecule has 356 valence electrons. The molecule has 0 fully saturated rings. The summed E-state index contributed by atoms with van der Waals surface area (Å²) in [5.41, 5.74) is 4.22. The first-order valence-corrected chi connectivity index (χ1v) is 22.2. The van der Waals surface area contributed by atoms with E-state index in [1.165, 1.54) is 48.5 Å². The van der Waals surface area contributed by atoms with Crippen molar-refractivity contribution in [3.05, 3.63) is 227 Å². The van der Waals surface area contributed by atoms with Gasteiger partial charge in [-0.05, 0) is 164 Å². The third kappa shape index (κ3) is 9.73. The maximum atomic E-state index is 14.9. The van der Waals surface area contributed by atoms with E-state index in [1.807, 2.05) is 74.5 Å². The molecule has 9 aromatic rings. The van der Waals surface area contributed by atoms with Gasteiger partial charge < -0.3 is 0 Å². The standard InChI is InChI=1S/C60H39F11/c1-34-8-4-10-43(28-34)54-52(39-20-16-37(17-21-39)41-24-26-50(61)36(3)30-41)55(44-11-5-9-35(2)29-44)57(46-13-7-15-48(32-46)59(66,67)68)53(56(54)45-12-6-14-47(31-45)58(63,64)65)40-22-18-38(19-23-40)42-25-27-51(62)49(33-42)60(69,70)71/h4-33H,1-3H3. The molecule has 11 heteroatoms. The van der Waals surface area contributed by atoms with E-state index in [-0.39, 0.29) is 44.8 Å². The normalized spacial score (nSPS) is 12.1. The van der Waals surface area contributed by atoms with Crippen LogP contribution in [0.2, 0.25) is 0 Å². The summed E-state index contributed by atoms with van der Waals surface area (Å²) >= 11 is 0. The first-order valence-electron chi connectivity index (χ1n) is 22.2. The van der Waals surface area contributed by atoms with Crippen molar-refractivity contribution >= 4 is 0 Å². The number of benzene rings is 9. The lowest BCUT2D eigenvalue weighted by Gasteiger charge is -2.29. The minimum Gasteiger partial charge on any atom is -0.207 e. The molecule has 0 bridgehead atoms. The molecular weight excluding hydrogens is 930 g/mol. The fourth-order valence-electron chi connectivity index (χ4n) is 9.19. The zero-order valence-electron chi connectivity index (χ0n) is 38.0. The van der Waals surface area contributed by atoms with Crippen molar-refractivity contribution < 1.29 is 48.3 Å². The van der Waals surface area contributed by atoms with Gasteiger partial charge in [-0.1, -0.05) is 145 Å². The Balaban J connectivity index is 1.50. The van der Waals surface area contributed by atoms with E-state index < -0.39 is 41.0 Å². The van der Waals surface area contributed by atoms with Crippen molar-refractivity contribution in [3.8, 4) is 89.0 Å². The second kappa shape index (κ2) is 18.5. The summed E-state index contributed by atoms with van der Waals surface area (Å²) < 4.78 is 160. The topological polar surface area (TPSA) is 0 Å². The molecule has 0 aliphatic heterocycles. The van der Waals surface area contributed by atoms with Crippen molar-refractivity contribution in [1.29, 1.82) is 0 Å². The zero-order chi connectivity index (χ0) is 50.6. The lowest BCUT2D eigenvalue weighted by molar-refractivity contribution is -0.140. The summed E-state index contributed by atoms with van der Waals surface area (Å²) in [5, 5.41) is 0. The summed E-state index contributed by atoms with van der Waals surface area (Å²) in [6, 6.07) is 44.6. The Bertz CT molecular complexity index is 3340. The molecule has 0 spiro atoms. The van der Waals surface area contributed by atoms with Crippen molar-refractivity contribution in [3.63, 3.8) is 0 Å². The zero-order valence-corrected chi connectivity index (χ0v) is 38.0. The largest absolute Gasteiger partial charge is 0.419 e. The van der Waals surface area contributed by atoms with Crippen molar-refractivity contribution in [2.24, 2.45) is 0 Å². The van der Waals surface area contributed by atoms with E-state index in [2.05, 4.69) is 0 Å². The Labute approximate surface area is 402 Å². The Morgan fingerprint density at radius 3 is 0.958 bits per heavy atom. The van der Waals surface area contributed by atoms with Gasteiger partial charge in [0.05, 0.1) is 16.7 Å². The molecule has 0 saturated carbocycles. The summed E-state index contributed by atoms with van der Waals surface area (Å²) in [6.45, 7) is 5.34. The molecule has 0 aliphatic rings. The highest BCUT2D eigenvalue weighted by Gasteiger charge is 2.36. The van der Waals surface area contributed by atoms with Gasteiger partial charge in [0.15, 0.2) is 0 Å². The fraction of sp³-hybridized carbons (Fsp3) is 0.100. The molecule has 0 amide bonds. The molecule has 0 heterocycles. The number of halogens is 11. The van der Waals surface area contributed by atoms with Gasteiger partial charge in [0.1, 0.15) is 11.6 Å². The molecule has 9 rings (SSSR count). The molecule has 0 saturated heterocycles. The minimum atomic E-state index is -5.01. The van der Waals surface area contributed by atoms with Gasteiger partial charge >= 0.3 is 18.5 Å².